The van der Waals surface area contributed by atoms with Gasteiger partial charge >= 0.3 is 0 Å². The van der Waals surface area contributed by atoms with E-state index < -0.39 is 12.0 Å². The molecule has 2 unspecified atom stereocenters. The average molecular weight is 306 g/mol. The lowest BCUT2D eigenvalue weighted by Gasteiger charge is -2.18. The molecule has 2 aliphatic rings. The van der Waals surface area contributed by atoms with Crippen molar-refractivity contribution in [3.63, 3.8) is 0 Å². The Balaban J connectivity index is 1.81. The van der Waals surface area contributed by atoms with E-state index in [2.05, 4.69) is 5.32 Å². The molecule has 0 bridgehead atoms. The fourth-order valence-electron chi connectivity index (χ4n) is 3.45. The third kappa shape index (κ3) is 1.83. The number of amides is 2. The number of rotatable bonds is 1. The number of ketones is 1. The molecule has 5 nitrogen and oxygen atoms in total. The van der Waals surface area contributed by atoms with Crippen LogP contribution < -0.4 is 10.2 Å². The maximum atomic E-state index is 12.8. The molecule has 2 aromatic rings. The van der Waals surface area contributed by atoms with Crippen molar-refractivity contribution >= 4 is 29.0 Å². The van der Waals surface area contributed by atoms with Crippen LogP contribution in [0, 0.1) is 0 Å². The molecule has 23 heavy (non-hydrogen) atoms. The fraction of sp³-hybridized carbons (Fsp3) is 0.167. The zero-order valence-electron chi connectivity index (χ0n) is 12.4. The first kappa shape index (κ1) is 13.7. The first-order valence-electron chi connectivity index (χ1n) is 7.43. The summed E-state index contributed by atoms with van der Waals surface area (Å²) in [5.74, 6) is -1.49. The van der Waals surface area contributed by atoms with Gasteiger partial charge in [0, 0.05) is 18.2 Å². The van der Waals surface area contributed by atoms with Gasteiger partial charge in [0.05, 0.1) is 11.6 Å². The number of hydrogen-bond acceptors (Lipinski definition) is 4. The molecule has 1 N–H and O–H groups in total. The van der Waals surface area contributed by atoms with Crippen LogP contribution in [0.15, 0.2) is 48.5 Å². The number of carbonyl (C=O) groups excluding carboxylic acids is 3. The molecule has 0 aliphatic carbocycles. The second-order valence-corrected chi connectivity index (χ2v) is 5.76. The van der Waals surface area contributed by atoms with Crippen LogP contribution in [-0.2, 0) is 9.59 Å². The number of benzene rings is 2. The van der Waals surface area contributed by atoms with Crippen molar-refractivity contribution in [2.75, 3.05) is 10.2 Å². The maximum Gasteiger partial charge on any atom is 0.243 e. The van der Waals surface area contributed by atoms with Crippen LogP contribution in [0.1, 0.15) is 28.8 Å². The van der Waals surface area contributed by atoms with Crippen molar-refractivity contribution in [3.8, 4) is 0 Å². The summed E-state index contributed by atoms with van der Waals surface area (Å²) in [7, 11) is 0. The van der Waals surface area contributed by atoms with Crippen molar-refractivity contribution in [1.29, 1.82) is 0 Å². The van der Waals surface area contributed by atoms with E-state index in [4.69, 9.17) is 0 Å². The SMILES string of the molecule is CC(=O)N1C(=O)C(C2Nc3ccccc3C2=O)c2ccccc21. The molecular weight excluding hydrogens is 292 g/mol. The third-order valence-electron chi connectivity index (χ3n) is 4.43. The van der Waals surface area contributed by atoms with E-state index in [-0.39, 0.29) is 17.6 Å². The van der Waals surface area contributed by atoms with Crippen molar-refractivity contribution in [2.24, 2.45) is 0 Å². The van der Waals surface area contributed by atoms with Gasteiger partial charge in [0.2, 0.25) is 11.8 Å². The minimum atomic E-state index is -0.685. The van der Waals surface area contributed by atoms with Crippen LogP contribution in [0.3, 0.4) is 0 Å². The van der Waals surface area contributed by atoms with E-state index in [0.717, 1.165) is 10.6 Å². The van der Waals surface area contributed by atoms with E-state index in [9.17, 15) is 14.4 Å². The van der Waals surface area contributed by atoms with Crippen LogP contribution in [0.25, 0.3) is 0 Å². The highest BCUT2D eigenvalue weighted by molar-refractivity contribution is 6.24. The molecular formula is C18H14N2O3. The summed E-state index contributed by atoms with van der Waals surface area (Å²) in [5.41, 5.74) is 2.60. The Hall–Kier alpha value is -2.95. The van der Waals surface area contributed by atoms with Crippen molar-refractivity contribution in [2.45, 2.75) is 18.9 Å². The number of carbonyl (C=O) groups is 3. The van der Waals surface area contributed by atoms with E-state index in [1.165, 1.54) is 6.92 Å². The summed E-state index contributed by atoms with van der Waals surface area (Å²) < 4.78 is 0. The Morgan fingerprint density at radius 2 is 1.74 bits per heavy atom. The van der Waals surface area contributed by atoms with Crippen LogP contribution in [-0.4, -0.2) is 23.6 Å². The average Bonchev–Trinajstić information content (AvgIpc) is 3.01. The third-order valence-corrected chi connectivity index (χ3v) is 4.43. The predicted octanol–water partition coefficient (Wildman–Crippen LogP) is 2.34. The number of para-hydroxylation sites is 2. The number of imide groups is 1. The minimum absolute atomic E-state index is 0.112. The summed E-state index contributed by atoms with van der Waals surface area (Å²) in [5, 5.41) is 3.15. The zero-order chi connectivity index (χ0) is 16.1. The first-order chi connectivity index (χ1) is 11.1. The molecule has 5 heteroatoms. The summed E-state index contributed by atoms with van der Waals surface area (Å²) in [6.07, 6.45) is 0. The quantitative estimate of drug-likeness (QED) is 0.878. The first-order valence-corrected chi connectivity index (χ1v) is 7.43. The van der Waals surface area contributed by atoms with Crippen molar-refractivity contribution < 1.29 is 14.4 Å². The van der Waals surface area contributed by atoms with Gasteiger partial charge in [0.25, 0.3) is 0 Å². The summed E-state index contributed by atoms with van der Waals surface area (Å²) >= 11 is 0. The molecule has 114 valence electrons. The molecule has 0 fully saturated rings. The van der Waals surface area contributed by atoms with Crippen molar-refractivity contribution in [1.82, 2.24) is 0 Å². The highest BCUT2D eigenvalue weighted by Gasteiger charge is 2.48. The molecule has 0 saturated carbocycles. The normalized spacial score (nSPS) is 21.9. The van der Waals surface area contributed by atoms with E-state index in [1.54, 1.807) is 30.3 Å². The molecule has 0 radical (unpaired) electrons. The Morgan fingerprint density at radius 3 is 2.48 bits per heavy atom. The minimum Gasteiger partial charge on any atom is -0.373 e. The van der Waals surface area contributed by atoms with Gasteiger partial charge in [-0.15, -0.1) is 0 Å². The molecule has 2 heterocycles. The molecule has 0 saturated heterocycles. The van der Waals surface area contributed by atoms with Crippen molar-refractivity contribution in [3.05, 3.63) is 59.7 Å². The molecule has 2 amide bonds. The Morgan fingerprint density at radius 1 is 1.04 bits per heavy atom. The van der Waals surface area contributed by atoms with E-state index in [0.29, 0.717) is 16.8 Å². The topological polar surface area (TPSA) is 66.5 Å². The monoisotopic (exact) mass is 306 g/mol. The lowest BCUT2D eigenvalue weighted by atomic mass is 9.90. The standard InChI is InChI=1S/C18H14N2O3/c1-10(21)20-14-9-5-3-7-12(14)15(18(20)23)16-17(22)11-6-2-4-8-13(11)19-16/h2-9,15-16,19H,1H3. The smallest absolute Gasteiger partial charge is 0.243 e. The van der Waals surface area contributed by atoms with Gasteiger partial charge in [-0.3, -0.25) is 14.4 Å². The van der Waals surface area contributed by atoms with Gasteiger partial charge in [0.1, 0.15) is 6.04 Å². The highest BCUT2D eigenvalue weighted by atomic mass is 16.2. The fourth-order valence-corrected chi connectivity index (χ4v) is 3.45. The lowest BCUT2D eigenvalue weighted by Crippen LogP contribution is -2.40. The second-order valence-electron chi connectivity index (χ2n) is 5.76. The van der Waals surface area contributed by atoms with E-state index >= 15 is 0 Å². The van der Waals surface area contributed by atoms with Gasteiger partial charge < -0.3 is 5.32 Å². The Labute approximate surface area is 132 Å². The second kappa shape index (κ2) is 4.78. The summed E-state index contributed by atoms with van der Waals surface area (Å²) in [6.45, 7) is 1.36. The molecule has 0 spiro atoms. The summed E-state index contributed by atoms with van der Waals surface area (Å²) in [6, 6.07) is 13.7. The largest absolute Gasteiger partial charge is 0.373 e. The van der Waals surface area contributed by atoms with Crippen LogP contribution in [0.5, 0.6) is 0 Å². The summed E-state index contributed by atoms with van der Waals surface area (Å²) in [4.78, 5) is 38.5. The van der Waals surface area contributed by atoms with Gasteiger partial charge in [0.15, 0.2) is 5.78 Å². The van der Waals surface area contributed by atoms with Gasteiger partial charge in [-0.05, 0) is 23.8 Å². The Kier molecular flexibility index (Phi) is 2.84. The van der Waals surface area contributed by atoms with Gasteiger partial charge in [-0.1, -0.05) is 30.3 Å². The van der Waals surface area contributed by atoms with Gasteiger partial charge in [-0.2, -0.15) is 0 Å². The van der Waals surface area contributed by atoms with Gasteiger partial charge in [-0.25, -0.2) is 4.90 Å². The van der Waals surface area contributed by atoms with Crippen LogP contribution >= 0.6 is 0 Å². The van der Waals surface area contributed by atoms with Crippen LogP contribution in [0.2, 0.25) is 0 Å². The number of nitrogens with zero attached hydrogens (tertiary/aromatic N) is 1. The van der Waals surface area contributed by atoms with Crippen LogP contribution in [0.4, 0.5) is 11.4 Å². The molecule has 2 aromatic carbocycles. The number of Topliss-reactive ketones (excluding diaryl/α,β-unsaturated/α-hetero) is 1. The van der Waals surface area contributed by atoms with E-state index in [1.807, 2.05) is 18.2 Å². The molecule has 2 aliphatic heterocycles. The number of fused-ring (bicyclic) bond motifs is 2. The maximum absolute atomic E-state index is 12.8. The highest BCUT2D eigenvalue weighted by Crippen LogP contribution is 2.43. The molecule has 2 atom stereocenters. The number of hydrogen-bond donors (Lipinski definition) is 1. The molecule has 4 rings (SSSR count). The predicted molar refractivity (Wildman–Crippen MR) is 85.5 cm³/mol. The number of anilines is 2. The Bertz CT molecular complexity index is 859. The molecule has 0 aromatic heterocycles. The lowest BCUT2D eigenvalue weighted by molar-refractivity contribution is -0.125. The zero-order valence-corrected chi connectivity index (χ0v) is 12.4. The number of nitrogens with one attached hydrogen (secondary N) is 1.